The van der Waals surface area contributed by atoms with Crippen molar-refractivity contribution in [3.05, 3.63) is 40.9 Å². The second-order valence-electron chi connectivity index (χ2n) is 5.15. The zero-order valence-corrected chi connectivity index (χ0v) is 13.5. The van der Waals surface area contributed by atoms with Crippen LogP contribution in [-0.4, -0.2) is 22.9 Å². The Labute approximate surface area is 127 Å². The highest BCUT2D eigenvalue weighted by Gasteiger charge is 2.21. The highest BCUT2D eigenvalue weighted by Crippen LogP contribution is 2.15. The zero-order chi connectivity index (χ0) is 15.1. The first-order valence-electron chi connectivity index (χ1n) is 7.25. The lowest BCUT2D eigenvalue weighted by Gasteiger charge is -2.33. The third-order valence-electron chi connectivity index (χ3n) is 3.65. The van der Waals surface area contributed by atoms with Crippen molar-refractivity contribution < 1.29 is 4.79 Å². The molecule has 0 radical (unpaired) electrons. The third-order valence-corrected chi connectivity index (χ3v) is 3.89. The van der Waals surface area contributed by atoms with E-state index in [2.05, 4.69) is 27.7 Å². The topological polar surface area (TPSA) is 20.3 Å². The van der Waals surface area contributed by atoms with E-state index in [1.54, 1.807) is 6.08 Å². The Morgan fingerprint density at radius 3 is 2.35 bits per heavy atom. The van der Waals surface area contributed by atoms with Gasteiger partial charge in [-0.2, -0.15) is 0 Å². The number of amides is 1. The molecular weight excluding hydrogens is 270 g/mol. The summed E-state index contributed by atoms with van der Waals surface area (Å²) in [5.41, 5.74) is 0.944. The molecule has 0 aliphatic rings. The minimum Gasteiger partial charge on any atom is -0.334 e. The number of halogens is 1. The number of hydrogen-bond donors (Lipinski definition) is 0. The summed E-state index contributed by atoms with van der Waals surface area (Å²) in [6.07, 6.45) is 5.39. The molecule has 1 rings (SSSR count). The normalized spacial score (nSPS) is 14.2. The molecule has 3 heteroatoms. The molecule has 0 spiro atoms. The molecule has 0 saturated heterocycles. The SMILES string of the molecule is CCC(C)N(C(=O)/C=C/c1cccc(Cl)c1)C(C)CC. The average Bonchev–Trinajstić information content (AvgIpc) is 2.44. The van der Waals surface area contributed by atoms with E-state index in [0.29, 0.717) is 5.02 Å². The fourth-order valence-corrected chi connectivity index (χ4v) is 2.32. The Balaban J connectivity index is 2.85. The first kappa shape index (κ1) is 16.8. The summed E-state index contributed by atoms with van der Waals surface area (Å²) < 4.78 is 0. The van der Waals surface area contributed by atoms with Crippen LogP contribution in [0.5, 0.6) is 0 Å². The number of hydrogen-bond acceptors (Lipinski definition) is 1. The largest absolute Gasteiger partial charge is 0.334 e. The molecule has 1 aromatic carbocycles. The summed E-state index contributed by atoms with van der Waals surface area (Å²) in [5.74, 6) is 0.0636. The van der Waals surface area contributed by atoms with Gasteiger partial charge in [0.05, 0.1) is 0 Å². The van der Waals surface area contributed by atoms with Crippen molar-refractivity contribution in [2.45, 2.75) is 52.6 Å². The molecule has 0 aliphatic carbocycles. The maximum atomic E-state index is 12.4. The predicted molar refractivity (Wildman–Crippen MR) is 86.8 cm³/mol. The number of rotatable bonds is 6. The van der Waals surface area contributed by atoms with E-state index < -0.39 is 0 Å². The lowest BCUT2D eigenvalue weighted by atomic mass is 10.1. The third kappa shape index (κ3) is 4.68. The Morgan fingerprint density at radius 2 is 1.85 bits per heavy atom. The first-order valence-corrected chi connectivity index (χ1v) is 7.63. The minimum absolute atomic E-state index is 0.0636. The van der Waals surface area contributed by atoms with Gasteiger partial charge in [-0.15, -0.1) is 0 Å². The van der Waals surface area contributed by atoms with E-state index in [4.69, 9.17) is 11.6 Å². The Kier molecular flexibility index (Phi) is 6.80. The molecule has 110 valence electrons. The standard InChI is InChI=1S/C17H24ClNO/c1-5-13(3)19(14(4)6-2)17(20)11-10-15-8-7-9-16(18)12-15/h7-14H,5-6H2,1-4H3/b11-10+. The summed E-state index contributed by atoms with van der Waals surface area (Å²) in [7, 11) is 0. The molecule has 0 bridgehead atoms. The van der Waals surface area contributed by atoms with Crippen LogP contribution in [0.2, 0.25) is 5.02 Å². The number of carbonyl (C=O) groups is 1. The van der Waals surface area contributed by atoms with Crippen molar-refractivity contribution in [2.24, 2.45) is 0 Å². The number of nitrogens with zero attached hydrogens (tertiary/aromatic N) is 1. The molecule has 1 aromatic rings. The minimum atomic E-state index is 0.0636. The van der Waals surface area contributed by atoms with E-state index >= 15 is 0 Å². The summed E-state index contributed by atoms with van der Waals surface area (Å²) in [4.78, 5) is 14.4. The van der Waals surface area contributed by atoms with Gasteiger partial charge < -0.3 is 4.90 Å². The Hall–Kier alpha value is -1.28. The van der Waals surface area contributed by atoms with E-state index in [9.17, 15) is 4.79 Å². The van der Waals surface area contributed by atoms with E-state index in [1.165, 1.54) is 0 Å². The first-order chi connectivity index (χ1) is 9.49. The fraction of sp³-hybridized carbons (Fsp3) is 0.471. The van der Waals surface area contributed by atoms with Gasteiger partial charge in [-0.05, 0) is 50.5 Å². The number of carbonyl (C=O) groups excluding carboxylic acids is 1. The van der Waals surface area contributed by atoms with Crippen molar-refractivity contribution in [2.75, 3.05) is 0 Å². The van der Waals surface area contributed by atoms with Gasteiger partial charge in [0.1, 0.15) is 0 Å². The van der Waals surface area contributed by atoms with Crippen molar-refractivity contribution in [1.29, 1.82) is 0 Å². The van der Waals surface area contributed by atoms with Crippen LogP contribution >= 0.6 is 11.6 Å². The molecule has 0 fully saturated rings. The highest BCUT2D eigenvalue weighted by atomic mass is 35.5. The monoisotopic (exact) mass is 293 g/mol. The molecule has 1 amide bonds. The van der Waals surface area contributed by atoms with E-state index in [-0.39, 0.29) is 18.0 Å². The van der Waals surface area contributed by atoms with Crippen molar-refractivity contribution >= 4 is 23.6 Å². The van der Waals surface area contributed by atoms with Crippen LogP contribution < -0.4 is 0 Å². The van der Waals surface area contributed by atoms with Crippen molar-refractivity contribution in [3.63, 3.8) is 0 Å². The molecule has 0 aromatic heterocycles. The lowest BCUT2D eigenvalue weighted by Crippen LogP contribution is -2.43. The zero-order valence-electron chi connectivity index (χ0n) is 12.8. The molecular formula is C17H24ClNO. The van der Waals surface area contributed by atoms with Crippen LogP contribution in [0.4, 0.5) is 0 Å². The molecule has 2 nitrogen and oxygen atoms in total. The Bertz CT molecular complexity index is 460. The van der Waals surface area contributed by atoms with Gasteiger partial charge in [0.2, 0.25) is 5.91 Å². The van der Waals surface area contributed by atoms with Crippen LogP contribution in [0.15, 0.2) is 30.3 Å². The van der Waals surface area contributed by atoms with Gasteiger partial charge >= 0.3 is 0 Å². The fourth-order valence-electron chi connectivity index (χ4n) is 2.13. The maximum Gasteiger partial charge on any atom is 0.247 e. The summed E-state index contributed by atoms with van der Waals surface area (Å²) >= 11 is 5.94. The molecule has 0 saturated carbocycles. The van der Waals surface area contributed by atoms with Crippen LogP contribution in [0.1, 0.15) is 46.1 Å². The lowest BCUT2D eigenvalue weighted by molar-refractivity contribution is -0.130. The van der Waals surface area contributed by atoms with E-state index in [0.717, 1.165) is 18.4 Å². The van der Waals surface area contributed by atoms with Crippen LogP contribution in [0.25, 0.3) is 6.08 Å². The maximum absolute atomic E-state index is 12.4. The second kappa shape index (κ2) is 8.11. The van der Waals surface area contributed by atoms with Gasteiger partial charge in [-0.3, -0.25) is 4.79 Å². The summed E-state index contributed by atoms with van der Waals surface area (Å²) in [5, 5.41) is 0.681. The van der Waals surface area contributed by atoms with Crippen molar-refractivity contribution in [3.8, 4) is 0 Å². The predicted octanol–water partition coefficient (Wildman–Crippen LogP) is 4.78. The Morgan fingerprint density at radius 1 is 1.25 bits per heavy atom. The van der Waals surface area contributed by atoms with Crippen LogP contribution in [0, 0.1) is 0 Å². The van der Waals surface area contributed by atoms with Crippen molar-refractivity contribution in [1.82, 2.24) is 4.90 Å². The van der Waals surface area contributed by atoms with E-state index in [1.807, 2.05) is 35.2 Å². The molecule has 20 heavy (non-hydrogen) atoms. The summed E-state index contributed by atoms with van der Waals surface area (Å²) in [6.45, 7) is 8.40. The van der Waals surface area contributed by atoms with Crippen LogP contribution in [-0.2, 0) is 4.79 Å². The smallest absolute Gasteiger partial charge is 0.247 e. The van der Waals surface area contributed by atoms with Crippen LogP contribution in [0.3, 0.4) is 0 Å². The van der Waals surface area contributed by atoms with Gasteiger partial charge in [0, 0.05) is 23.2 Å². The molecule has 0 heterocycles. The second-order valence-corrected chi connectivity index (χ2v) is 5.58. The van der Waals surface area contributed by atoms with Gasteiger partial charge in [0.15, 0.2) is 0 Å². The van der Waals surface area contributed by atoms with Gasteiger partial charge in [0.25, 0.3) is 0 Å². The average molecular weight is 294 g/mol. The highest BCUT2D eigenvalue weighted by molar-refractivity contribution is 6.30. The molecule has 0 N–H and O–H groups in total. The quantitative estimate of drug-likeness (QED) is 0.691. The van der Waals surface area contributed by atoms with Gasteiger partial charge in [-0.25, -0.2) is 0 Å². The molecule has 2 unspecified atom stereocenters. The van der Waals surface area contributed by atoms with Gasteiger partial charge in [-0.1, -0.05) is 37.6 Å². The summed E-state index contributed by atoms with van der Waals surface area (Å²) in [6, 6.07) is 8.00. The molecule has 2 atom stereocenters. The molecule has 0 aliphatic heterocycles. The number of benzene rings is 1.